The Kier molecular flexibility index (Phi) is 2.32. The van der Waals surface area contributed by atoms with Crippen molar-refractivity contribution in [2.75, 3.05) is 0 Å². The maximum atomic E-state index is 10.6. The average molecular weight is 237 g/mol. The Hall–Kier alpha value is -0.890. The highest BCUT2D eigenvalue weighted by Gasteiger charge is 2.11. The third-order valence-electron chi connectivity index (χ3n) is 2.31. The fourth-order valence-electron chi connectivity index (χ4n) is 1.59. The third kappa shape index (κ3) is 1.59. The van der Waals surface area contributed by atoms with Gasteiger partial charge in [0.2, 0.25) is 0 Å². The standard InChI is InChI=1S/C11H9BrO/c12-11-3-1-2-9-5-4-8(7-13)6-10(9)11/h1-3,6-7H,4-5H2. The summed E-state index contributed by atoms with van der Waals surface area (Å²) < 4.78 is 1.07. The van der Waals surface area contributed by atoms with Crippen LogP contribution in [0.3, 0.4) is 0 Å². The number of allylic oxidation sites excluding steroid dienone is 1. The van der Waals surface area contributed by atoms with Gasteiger partial charge in [0.1, 0.15) is 6.29 Å². The molecular weight excluding hydrogens is 228 g/mol. The molecule has 2 heteroatoms. The van der Waals surface area contributed by atoms with Crippen LogP contribution in [-0.2, 0) is 11.2 Å². The molecule has 0 N–H and O–H groups in total. The Balaban J connectivity index is 2.55. The topological polar surface area (TPSA) is 17.1 Å². The van der Waals surface area contributed by atoms with Gasteiger partial charge in [0, 0.05) is 4.47 Å². The van der Waals surface area contributed by atoms with Gasteiger partial charge in [0.25, 0.3) is 0 Å². The molecule has 0 unspecified atom stereocenters. The van der Waals surface area contributed by atoms with E-state index in [2.05, 4.69) is 22.0 Å². The first kappa shape index (κ1) is 8.70. The first-order valence-corrected chi connectivity index (χ1v) is 5.03. The van der Waals surface area contributed by atoms with E-state index in [1.54, 1.807) is 0 Å². The molecule has 1 aliphatic carbocycles. The number of benzene rings is 1. The molecule has 0 heterocycles. The lowest BCUT2D eigenvalue weighted by Crippen LogP contribution is -2.00. The van der Waals surface area contributed by atoms with Crippen molar-refractivity contribution in [1.29, 1.82) is 0 Å². The molecule has 0 fully saturated rings. The van der Waals surface area contributed by atoms with E-state index in [-0.39, 0.29) is 0 Å². The van der Waals surface area contributed by atoms with Crippen LogP contribution in [-0.4, -0.2) is 6.29 Å². The van der Waals surface area contributed by atoms with E-state index in [9.17, 15) is 4.79 Å². The molecule has 0 atom stereocenters. The summed E-state index contributed by atoms with van der Waals surface area (Å²) in [5.41, 5.74) is 3.37. The van der Waals surface area contributed by atoms with Gasteiger partial charge in [0.15, 0.2) is 0 Å². The lowest BCUT2D eigenvalue weighted by atomic mass is 9.93. The quantitative estimate of drug-likeness (QED) is 0.686. The molecule has 1 aromatic carbocycles. The van der Waals surface area contributed by atoms with Crippen molar-refractivity contribution in [3.8, 4) is 0 Å². The van der Waals surface area contributed by atoms with Crippen LogP contribution >= 0.6 is 15.9 Å². The number of rotatable bonds is 1. The number of hydrogen-bond donors (Lipinski definition) is 0. The van der Waals surface area contributed by atoms with Crippen molar-refractivity contribution in [2.24, 2.45) is 0 Å². The second-order valence-corrected chi connectivity index (χ2v) is 4.00. The summed E-state index contributed by atoms with van der Waals surface area (Å²) in [5, 5.41) is 0. The zero-order valence-corrected chi connectivity index (χ0v) is 8.67. The summed E-state index contributed by atoms with van der Waals surface area (Å²) in [4.78, 5) is 10.6. The summed E-state index contributed by atoms with van der Waals surface area (Å²) in [6.45, 7) is 0. The number of aryl methyl sites for hydroxylation is 1. The van der Waals surface area contributed by atoms with Gasteiger partial charge >= 0.3 is 0 Å². The van der Waals surface area contributed by atoms with Crippen LogP contribution < -0.4 is 0 Å². The number of carbonyl (C=O) groups is 1. The van der Waals surface area contributed by atoms with Gasteiger partial charge in [-0.3, -0.25) is 4.79 Å². The monoisotopic (exact) mass is 236 g/mol. The van der Waals surface area contributed by atoms with E-state index in [1.165, 1.54) is 5.56 Å². The van der Waals surface area contributed by atoms with Crippen LogP contribution in [0.15, 0.2) is 28.2 Å². The number of carbonyl (C=O) groups excluding carboxylic acids is 1. The molecule has 0 bridgehead atoms. The van der Waals surface area contributed by atoms with E-state index in [0.29, 0.717) is 0 Å². The average Bonchev–Trinajstić information content (AvgIpc) is 2.18. The maximum Gasteiger partial charge on any atom is 0.146 e. The molecule has 0 spiro atoms. The minimum atomic E-state index is 0.868. The van der Waals surface area contributed by atoms with Gasteiger partial charge in [-0.1, -0.05) is 28.1 Å². The van der Waals surface area contributed by atoms with E-state index >= 15 is 0 Å². The van der Waals surface area contributed by atoms with Crippen molar-refractivity contribution in [3.63, 3.8) is 0 Å². The predicted molar refractivity (Wildman–Crippen MR) is 56.5 cm³/mol. The van der Waals surface area contributed by atoms with Crippen LogP contribution in [0.2, 0.25) is 0 Å². The highest BCUT2D eigenvalue weighted by molar-refractivity contribution is 9.10. The summed E-state index contributed by atoms with van der Waals surface area (Å²) in [7, 11) is 0. The Labute approximate surface area is 85.6 Å². The molecule has 0 saturated carbocycles. The lowest BCUT2D eigenvalue weighted by molar-refractivity contribution is -0.105. The zero-order valence-electron chi connectivity index (χ0n) is 7.09. The molecule has 0 saturated heterocycles. The molecule has 13 heavy (non-hydrogen) atoms. The number of halogens is 1. The largest absolute Gasteiger partial charge is 0.298 e. The van der Waals surface area contributed by atoms with Crippen molar-refractivity contribution >= 4 is 28.3 Å². The second-order valence-electron chi connectivity index (χ2n) is 3.15. The molecule has 0 radical (unpaired) electrons. The highest BCUT2D eigenvalue weighted by Crippen LogP contribution is 2.28. The first-order valence-electron chi connectivity index (χ1n) is 4.24. The van der Waals surface area contributed by atoms with Crippen LogP contribution in [0.5, 0.6) is 0 Å². The van der Waals surface area contributed by atoms with Gasteiger partial charge in [-0.2, -0.15) is 0 Å². The summed E-state index contributed by atoms with van der Waals surface area (Å²) >= 11 is 3.48. The SMILES string of the molecule is O=CC1=Cc2c(Br)cccc2CC1. The summed E-state index contributed by atoms with van der Waals surface area (Å²) in [5.74, 6) is 0. The fraction of sp³-hybridized carbons (Fsp3) is 0.182. The Bertz CT molecular complexity index is 380. The van der Waals surface area contributed by atoms with Crippen LogP contribution in [0.4, 0.5) is 0 Å². The summed E-state index contributed by atoms with van der Waals surface area (Å²) in [6.07, 6.45) is 4.75. The van der Waals surface area contributed by atoms with Gasteiger partial charge in [0.05, 0.1) is 0 Å². The van der Waals surface area contributed by atoms with Gasteiger partial charge in [-0.15, -0.1) is 0 Å². The van der Waals surface area contributed by atoms with Gasteiger partial charge < -0.3 is 0 Å². The van der Waals surface area contributed by atoms with Gasteiger partial charge in [-0.25, -0.2) is 0 Å². The van der Waals surface area contributed by atoms with Gasteiger partial charge in [-0.05, 0) is 41.7 Å². The molecule has 66 valence electrons. The molecule has 0 aliphatic heterocycles. The molecule has 0 aromatic heterocycles. The zero-order chi connectivity index (χ0) is 9.26. The number of fused-ring (bicyclic) bond motifs is 1. The minimum Gasteiger partial charge on any atom is -0.298 e. The minimum absolute atomic E-state index is 0.868. The normalized spacial score (nSPS) is 14.7. The highest BCUT2D eigenvalue weighted by atomic mass is 79.9. The van der Waals surface area contributed by atoms with Crippen molar-refractivity contribution in [2.45, 2.75) is 12.8 Å². The molecule has 0 amide bonds. The van der Waals surface area contributed by atoms with E-state index in [1.807, 2.05) is 18.2 Å². The smallest absolute Gasteiger partial charge is 0.146 e. The first-order chi connectivity index (χ1) is 6.31. The molecule has 1 aliphatic rings. The third-order valence-corrected chi connectivity index (χ3v) is 3.00. The van der Waals surface area contributed by atoms with Crippen LogP contribution in [0, 0.1) is 0 Å². The van der Waals surface area contributed by atoms with E-state index in [4.69, 9.17) is 0 Å². The Morgan fingerprint density at radius 2 is 2.15 bits per heavy atom. The van der Waals surface area contributed by atoms with E-state index < -0.39 is 0 Å². The van der Waals surface area contributed by atoms with Crippen molar-refractivity contribution in [1.82, 2.24) is 0 Å². The van der Waals surface area contributed by atoms with Crippen LogP contribution in [0.25, 0.3) is 6.08 Å². The lowest BCUT2D eigenvalue weighted by Gasteiger charge is -2.13. The van der Waals surface area contributed by atoms with Crippen molar-refractivity contribution in [3.05, 3.63) is 39.4 Å². The molecule has 2 rings (SSSR count). The number of hydrogen-bond acceptors (Lipinski definition) is 1. The van der Waals surface area contributed by atoms with E-state index in [0.717, 1.165) is 34.7 Å². The Morgan fingerprint density at radius 3 is 2.92 bits per heavy atom. The fourth-order valence-corrected chi connectivity index (χ4v) is 2.11. The van der Waals surface area contributed by atoms with Crippen molar-refractivity contribution < 1.29 is 4.79 Å². The molecule has 1 aromatic rings. The second kappa shape index (κ2) is 3.46. The van der Waals surface area contributed by atoms with Crippen LogP contribution in [0.1, 0.15) is 17.5 Å². The molecular formula is C11H9BrO. The molecule has 1 nitrogen and oxygen atoms in total. The predicted octanol–water partition coefficient (Wildman–Crippen LogP) is 2.98. The number of aldehydes is 1. The summed E-state index contributed by atoms with van der Waals surface area (Å²) in [6, 6.07) is 6.14. The Morgan fingerprint density at radius 1 is 1.31 bits per heavy atom. The maximum absolute atomic E-state index is 10.6.